The maximum absolute atomic E-state index is 13.0. The molecule has 0 bridgehead atoms. The second-order valence-electron chi connectivity index (χ2n) is 6.21. The minimum absolute atomic E-state index is 0.309. The highest BCUT2D eigenvalue weighted by molar-refractivity contribution is 8.00. The number of thioether (sulfide) groups is 1. The number of ether oxygens (including phenoxy) is 1. The molecule has 1 fully saturated rings. The van der Waals surface area contributed by atoms with E-state index in [0.29, 0.717) is 38.6 Å². The van der Waals surface area contributed by atoms with Gasteiger partial charge in [-0.25, -0.2) is 4.98 Å². The second kappa shape index (κ2) is 8.02. The number of methoxy groups -OCH3 is 1. The third-order valence-electron chi connectivity index (χ3n) is 4.28. The first-order chi connectivity index (χ1) is 13.5. The lowest BCUT2D eigenvalue weighted by Crippen LogP contribution is -2.15. The molecule has 0 atom stereocenters. The number of nitrogens with one attached hydrogen (secondary N) is 1. The smallest absolute Gasteiger partial charge is 0.259 e. The van der Waals surface area contributed by atoms with Crippen molar-refractivity contribution >= 4 is 45.7 Å². The number of carbonyl (C=O) groups is 1. The molecule has 4 rings (SSSR count). The van der Waals surface area contributed by atoms with Gasteiger partial charge in [0.25, 0.3) is 5.91 Å². The average molecular weight is 434 g/mol. The number of rotatable bonds is 5. The molecule has 144 valence electrons. The highest BCUT2D eigenvalue weighted by Crippen LogP contribution is 2.37. The van der Waals surface area contributed by atoms with Crippen molar-refractivity contribution in [2.75, 3.05) is 23.9 Å². The van der Waals surface area contributed by atoms with Crippen LogP contribution in [0.25, 0.3) is 11.1 Å². The van der Waals surface area contributed by atoms with E-state index in [0.717, 1.165) is 22.2 Å². The first-order valence-corrected chi connectivity index (χ1v) is 10.8. The molecule has 1 saturated heterocycles. The van der Waals surface area contributed by atoms with Crippen LogP contribution in [-0.2, 0) is 0 Å². The van der Waals surface area contributed by atoms with Gasteiger partial charge in [-0.05, 0) is 19.1 Å². The summed E-state index contributed by atoms with van der Waals surface area (Å²) < 4.78 is 5.40. The third kappa shape index (κ3) is 3.82. The van der Waals surface area contributed by atoms with E-state index in [1.807, 2.05) is 24.8 Å². The van der Waals surface area contributed by atoms with Crippen LogP contribution in [-0.4, -0.2) is 44.7 Å². The highest BCUT2D eigenvalue weighted by Gasteiger charge is 2.25. The van der Waals surface area contributed by atoms with Gasteiger partial charge in [0.15, 0.2) is 0 Å². The molecule has 0 aromatic carbocycles. The van der Waals surface area contributed by atoms with Crippen LogP contribution in [0.5, 0.6) is 5.75 Å². The van der Waals surface area contributed by atoms with Crippen LogP contribution < -0.4 is 10.1 Å². The monoisotopic (exact) mass is 433 g/mol. The van der Waals surface area contributed by atoms with Crippen molar-refractivity contribution in [2.24, 2.45) is 0 Å². The summed E-state index contributed by atoms with van der Waals surface area (Å²) in [6.45, 7) is 1.86. The van der Waals surface area contributed by atoms with Gasteiger partial charge >= 0.3 is 0 Å². The predicted molar refractivity (Wildman–Crippen MR) is 112 cm³/mol. The topological polar surface area (TPSA) is 89.9 Å². The summed E-state index contributed by atoms with van der Waals surface area (Å²) in [6.07, 6.45) is 3.07. The molecule has 1 aliphatic heterocycles. The van der Waals surface area contributed by atoms with E-state index in [1.165, 1.54) is 23.7 Å². The van der Waals surface area contributed by atoms with Crippen LogP contribution in [0.3, 0.4) is 0 Å². The van der Waals surface area contributed by atoms with Crippen molar-refractivity contribution in [3.63, 3.8) is 0 Å². The molecule has 10 heteroatoms. The Morgan fingerprint density at radius 1 is 1.21 bits per heavy atom. The number of pyridine rings is 2. The van der Waals surface area contributed by atoms with Crippen molar-refractivity contribution in [2.45, 2.75) is 12.8 Å². The molecule has 0 unspecified atom stereocenters. The summed E-state index contributed by atoms with van der Waals surface area (Å²) in [7, 11) is 1.55. The van der Waals surface area contributed by atoms with Crippen LogP contribution in [0.4, 0.5) is 5.13 Å². The van der Waals surface area contributed by atoms with Gasteiger partial charge in [0.2, 0.25) is 5.13 Å². The van der Waals surface area contributed by atoms with E-state index >= 15 is 0 Å². The molecular formula is C18H16ClN5O2S2. The van der Waals surface area contributed by atoms with Gasteiger partial charge in [-0.2, -0.15) is 11.8 Å². The summed E-state index contributed by atoms with van der Waals surface area (Å²) in [5.74, 6) is 2.75. The summed E-state index contributed by atoms with van der Waals surface area (Å²) >= 11 is 9.37. The van der Waals surface area contributed by atoms with E-state index in [4.69, 9.17) is 16.3 Å². The van der Waals surface area contributed by atoms with E-state index in [-0.39, 0.29) is 5.91 Å². The zero-order valence-corrected chi connectivity index (χ0v) is 17.5. The van der Waals surface area contributed by atoms with Gasteiger partial charge in [-0.15, -0.1) is 10.2 Å². The predicted octanol–water partition coefficient (Wildman–Crippen LogP) is 4.05. The first-order valence-electron chi connectivity index (χ1n) is 8.44. The molecule has 1 N–H and O–H groups in total. The fourth-order valence-electron chi connectivity index (χ4n) is 2.75. The molecule has 1 aliphatic rings. The normalized spacial score (nSPS) is 13.8. The van der Waals surface area contributed by atoms with Crippen LogP contribution in [0.1, 0.15) is 27.0 Å². The highest BCUT2D eigenvalue weighted by atomic mass is 35.5. The molecule has 0 radical (unpaired) electrons. The number of anilines is 1. The van der Waals surface area contributed by atoms with Gasteiger partial charge in [-0.1, -0.05) is 22.9 Å². The van der Waals surface area contributed by atoms with E-state index in [1.54, 1.807) is 13.2 Å². The van der Waals surface area contributed by atoms with Gasteiger partial charge in [0.05, 0.1) is 18.9 Å². The minimum Gasteiger partial charge on any atom is -0.494 e. The third-order valence-corrected chi connectivity index (χ3v) is 6.76. The number of hydrogen-bond acceptors (Lipinski definition) is 8. The molecule has 0 saturated carbocycles. The van der Waals surface area contributed by atoms with Gasteiger partial charge in [-0.3, -0.25) is 15.1 Å². The molecule has 7 nitrogen and oxygen atoms in total. The lowest BCUT2D eigenvalue weighted by Gasteiger charge is -2.21. The molecule has 3 aromatic heterocycles. The molecule has 1 amide bonds. The van der Waals surface area contributed by atoms with E-state index < -0.39 is 0 Å². The lowest BCUT2D eigenvalue weighted by atomic mass is 10.0. The molecule has 0 spiro atoms. The van der Waals surface area contributed by atoms with Crippen LogP contribution in [0, 0.1) is 6.92 Å². The fourth-order valence-corrected chi connectivity index (χ4v) is 4.74. The Bertz CT molecular complexity index is 1040. The second-order valence-corrected chi connectivity index (χ2v) is 8.68. The number of nitrogens with zero attached hydrogens (tertiary/aromatic N) is 4. The van der Waals surface area contributed by atoms with Crippen molar-refractivity contribution in [3.8, 4) is 16.9 Å². The first kappa shape index (κ1) is 19.1. The number of aromatic nitrogens is 4. The SMILES string of the molecule is COc1cnc(Cl)cc1-c1cc(C)ncc1C(=O)Nc1nnc(C2CSC2)s1. The number of amides is 1. The molecule has 0 aliphatic carbocycles. The standard InChI is InChI=1S/C18H16ClN5O2S2/c1-9-3-11(12-4-15(19)21-6-14(12)26-2)13(5-20-9)16(25)22-18-24-23-17(28-18)10-7-27-8-10/h3-6,10H,7-8H2,1-2H3,(H,22,24,25). The summed E-state index contributed by atoms with van der Waals surface area (Å²) in [5.41, 5.74) is 2.48. The molecular weight excluding hydrogens is 418 g/mol. The zero-order chi connectivity index (χ0) is 19.7. The van der Waals surface area contributed by atoms with E-state index in [9.17, 15) is 4.79 Å². The maximum Gasteiger partial charge on any atom is 0.259 e. The number of aryl methyl sites for hydroxylation is 1. The number of hydrogen-bond donors (Lipinski definition) is 1. The summed E-state index contributed by atoms with van der Waals surface area (Å²) in [4.78, 5) is 21.3. The quantitative estimate of drug-likeness (QED) is 0.607. The Hall–Kier alpha value is -2.23. The number of carbonyl (C=O) groups excluding carboxylic acids is 1. The van der Waals surface area contributed by atoms with Crippen molar-refractivity contribution < 1.29 is 9.53 Å². The molecule has 3 aromatic rings. The molecule has 28 heavy (non-hydrogen) atoms. The summed E-state index contributed by atoms with van der Waals surface area (Å²) in [5, 5.41) is 12.9. The zero-order valence-electron chi connectivity index (χ0n) is 15.1. The lowest BCUT2D eigenvalue weighted by molar-refractivity contribution is 0.102. The van der Waals surface area contributed by atoms with Gasteiger partial charge in [0.1, 0.15) is 15.9 Å². The van der Waals surface area contributed by atoms with Gasteiger partial charge < -0.3 is 4.74 Å². The van der Waals surface area contributed by atoms with Crippen molar-refractivity contribution in [3.05, 3.63) is 45.9 Å². The minimum atomic E-state index is -0.317. The summed E-state index contributed by atoms with van der Waals surface area (Å²) in [6, 6.07) is 3.49. The fraction of sp³-hybridized carbons (Fsp3) is 0.278. The van der Waals surface area contributed by atoms with Crippen molar-refractivity contribution in [1.82, 2.24) is 20.2 Å². The largest absolute Gasteiger partial charge is 0.494 e. The maximum atomic E-state index is 13.0. The van der Waals surface area contributed by atoms with Crippen LogP contribution >= 0.6 is 34.7 Å². The van der Waals surface area contributed by atoms with Gasteiger partial charge in [0, 0.05) is 40.4 Å². The van der Waals surface area contributed by atoms with Crippen LogP contribution in [0.2, 0.25) is 5.15 Å². The van der Waals surface area contributed by atoms with E-state index in [2.05, 4.69) is 25.5 Å². The Morgan fingerprint density at radius 3 is 2.75 bits per heavy atom. The Kier molecular flexibility index (Phi) is 5.47. The Balaban J connectivity index is 1.67. The Morgan fingerprint density at radius 2 is 2.04 bits per heavy atom. The molecule has 4 heterocycles. The van der Waals surface area contributed by atoms with Crippen molar-refractivity contribution in [1.29, 1.82) is 0 Å². The van der Waals surface area contributed by atoms with Crippen LogP contribution in [0.15, 0.2) is 24.5 Å². The Labute approximate surface area is 174 Å². The number of halogens is 1. The average Bonchev–Trinajstić information content (AvgIpc) is 3.07.